The number of nitrogens with zero attached hydrogens (tertiary/aromatic N) is 5. The minimum Gasteiger partial charge on any atom is -0.371 e. The fraction of sp³-hybridized carbons (Fsp3) is 0.500. The van der Waals surface area contributed by atoms with E-state index in [1.807, 2.05) is 55.2 Å². The van der Waals surface area contributed by atoms with Gasteiger partial charge in [0.15, 0.2) is 0 Å². The third-order valence-electron chi connectivity index (χ3n) is 4.75. The Kier molecular flexibility index (Phi) is 4.52. The summed E-state index contributed by atoms with van der Waals surface area (Å²) >= 11 is 2.04. The number of hydrogen-bond donors (Lipinski definition) is 0. The van der Waals surface area contributed by atoms with Crippen LogP contribution in [0.15, 0.2) is 36.8 Å². The second-order valence-corrected chi connectivity index (χ2v) is 8.43. The molecule has 0 saturated carbocycles. The summed E-state index contributed by atoms with van der Waals surface area (Å²) in [6, 6.07) is 8.01. The molecule has 25 heavy (non-hydrogen) atoms. The average Bonchev–Trinajstić information content (AvgIpc) is 3.04. The number of thioether (sulfide) groups is 1. The molecule has 132 valence electrons. The van der Waals surface area contributed by atoms with Crippen LogP contribution in [0.5, 0.6) is 0 Å². The predicted molar refractivity (Wildman–Crippen MR) is 101 cm³/mol. The van der Waals surface area contributed by atoms with Crippen molar-refractivity contribution in [2.24, 2.45) is 0 Å². The van der Waals surface area contributed by atoms with E-state index in [-0.39, 0.29) is 0 Å². The van der Waals surface area contributed by atoms with Gasteiger partial charge in [-0.2, -0.15) is 0 Å². The summed E-state index contributed by atoms with van der Waals surface area (Å²) in [6.07, 6.45) is 4.89. The number of ether oxygens (including phenoxy) is 1. The van der Waals surface area contributed by atoms with E-state index in [1.165, 1.54) is 0 Å². The van der Waals surface area contributed by atoms with Crippen LogP contribution in [0, 0.1) is 0 Å². The molecule has 2 aromatic rings. The molecular weight excluding hydrogens is 334 g/mol. The zero-order valence-electron chi connectivity index (χ0n) is 14.6. The normalized spacial score (nSPS) is 21.4. The molecule has 1 atom stereocenters. The molecule has 0 bridgehead atoms. The lowest BCUT2D eigenvalue weighted by atomic mass is 9.93. The van der Waals surface area contributed by atoms with Gasteiger partial charge >= 0.3 is 0 Å². The second-order valence-electron chi connectivity index (χ2n) is 6.94. The van der Waals surface area contributed by atoms with Crippen molar-refractivity contribution >= 4 is 23.4 Å². The lowest BCUT2D eigenvalue weighted by Crippen LogP contribution is -2.59. The molecule has 2 fully saturated rings. The fourth-order valence-electron chi connectivity index (χ4n) is 3.38. The molecular formula is C18H23N5OS. The maximum atomic E-state index is 6.08. The highest BCUT2D eigenvalue weighted by Gasteiger charge is 2.49. The van der Waals surface area contributed by atoms with E-state index in [4.69, 9.17) is 4.74 Å². The molecule has 2 aromatic heterocycles. The monoisotopic (exact) mass is 357 g/mol. The lowest BCUT2D eigenvalue weighted by molar-refractivity contribution is 0.0459. The van der Waals surface area contributed by atoms with Gasteiger partial charge in [0.1, 0.15) is 18.0 Å². The topological polar surface area (TPSA) is 54.4 Å². The highest BCUT2D eigenvalue weighted by molar-refractivity contribution is 8.01. The molecule has 0 aromatic carbocycles. The first-order valence-electron chi connectivity index (χ1n) is 8.53. The first kappa shape index (κ1) is 16.6. The minimum atomic E-state index is 0.317. The fourth-order valence-corrected chi connectivity index (χ4v) is 4.93. The van der Waals surface area contributed by atoms with Gasteiger partial charge in [0.2, 0.25) is 0 Å². The SMILES string of the molecule is CN(C)c1cc(N2CC3(CC(OCc4ccccn4)CS3)C2)ncn1. The lowest BCUT2D eigenvalue weighted by Gasteiger charge is -2.48. The van der Waals surface area contributed by atoms with Crippen LogP contribution < -0.4 is 9.80 Å². The molecule has 1 spiro atoms. The van der Waals surface area contributed by atoms with Gasteiger partial charge in [0.25, 0.3) is 0 Å². The zero-order valence-corrected chi connectivity index (χ0v) is 15.4. The van der Waals surface area contributed by atoms with Gasteiger partial charge in [-0.15, -0.1) is 11.8 Å². The Morgan fingerprint density at radius 2 is 2.16 bits per heavy atom. The van der Waals surface area contributed by atoms with E-state index in [1.54, 1.807) is 6.33 Å². The van der Waals surface area contributed by atoms with Crippen LogP contribution in [0.2, 0.25) is 0 Å². The van der Waals surface area contributed by atoms with Crippen molar-refractivity contribution in [3.05, 3.63) is 42.5 Å². The van der Waals surface area contributed by atoms with Gasteiger partial charge in [0, 0.05) is 45.2 Å². The maximum Gasteiger partial charge on any atom is 0.134 e. The molecule has 0 amide bonds. The van der Waals surface area contributed by atoms with E-state index >= 15 is 0 Å². The Balaban J connectivity index is 1.30. The van der Waals surface area contributed by atoms with Crippen molar-refractivity contribution in [1.29, 1.82) is 0 Å². The molecule has 4 heterocycles. The standard InChI is InChI=1S/C18H23N5OS/c1-22(2)16-7-17(21-13-20-16)23-11-18(12-23)8-15(10-25-18)24-9-14-5-3-4-6-19-14/h3-7,13,15H,8-12H2,1-2H3. The van der Waals surface area contributed by atoms with Gasteiger partial charge in [-0.1, -0.05) is 6.07 Å². The maximum absolute atomic E-state index is 6.08. The predicted octanol–water partition coefficient (Wildman–Crippen LogP) is 2.22. The third-order valence-corrected chi connectivity index (χ3v) is 6.32. The molecule has 6 nitrogen and oxygen atoms in total. The smallest absolute Gasteiger partial charge is 0.134 e. The summed E-state index contributed by atoms with van der Waals surface area (Å²) in [5, 5.41) is 0. The summed E-state index contributed by atoms with van der Waals surface area (Å²) in [5.41, 5.74) is 1.00. The summed E-state index contributed by atoms with van der Waals surface area (Å²) in [7, 11) is 4.00. The number of aromatic nitrogens is 3. The van der Waals surface area contributed by atoms with E-state index in [9.17, 15) is 0 Å². The average molecular weight is 357 g/mol. The zero-order chi connectivity index (χ0) is 17.3. The number of rotatable bonds is 5. The quantitative estimate of drug-likeness (QED) is 0.813. The summed E-state index contributed by atoms with van der Waals surface area (Å²) in [5.74, 6) is 3.03. The van der Waals surface area contributed by atoms with Crippen LogP contribution in [0.4, 0.5) is 11.6 Å². The van der Waals surface area contributed by atoms with Crippen LogP contribution in [0.25, 0.3) is 0 Å². The molecule has 1 unspecified atom stereocenters. The first-order valence-corrected chi connectivity index (χ1v) is 9.52. The van der Waals surface area contributed by atoms with Crippen LogP contribution >= 0.6 is 11.8 Å². The molecule has 2 aliphatic rings. The highest BCUT2D eigenvalue weighted by atomic mass is 32.2. The number of pyridine rings is 1. The van der Waals surface area contributed by atoms with Gasteiger partial charge in [-0.05, 0) is 18.6 Å². The third kappa shape index (κ3) is 3.57. The Morgan fingerprint density at radius 1 is 1.28 bits per heavy atom. The van der Waals surface area contributed by atoms with Crippen LogP contribution in [0.3, 0.4) is 0 Å². The second kappa shape index (κ2) is 6.80. The Bertz CT molecular complexity index is 720. The van der Waals surface area contributed by atoms with Crippen molar-refractivity contribution in [1.82, 2.24) is 15.0 Å². The van der Waals surface area contributed by atoms with Gasteiger partial charge in [0.05, 0.1) is 23.2 Å². The van der Waals surface area contributed by atoms with E-state index in [2.05, 4.69) is 25.9 Å². The van der Waals surface area contributed by atoms with Crippen LogP contribution in [-0.4, -0.2) is 58.7 Å². The molecule has 0 N–H and O–H groups in total. The highest BCUT2D eigenvalue weighted by Crippen LogP contribution is 2.47. The van der Waals surface area contributed by atoms with E-state index in [0.717, 1.165) is 42.6 Å². The first-order chi connectivity index (χ1) is 12.1. The largest absolute Gasteiger partial charge is 0.371 e. The number of anilines is 2. The Labute approximate surface area is 152 Å². The molecule has 7 heteroatoms. The van der Waals surface area contributed by atoms with Gasteiger partial charge < -0.3 is 14.5 Å². The summed E-state index contributed by atoms with van der Waals surface area (Å²) in [4.78, 5) is 17.4. The van der Waals surface area contributed by atoms with Crippen LogP contribution in [-0.2, 0) is 11.3 Å². The summed E-state index contributed by atoms with van der Waals surface area (Å²) < 4.78 is 6.40. The molecule has 0 radical (unpaired) electrons. The van der Waals surface area contributed by atoms with Crippen molar-refractivity contribution in [3.63, 3.8) is 0 Å². The van der Waals surface area contributed by atoms with E-state index < -0.39 is 0 Å². The van der Waals surface area contributed by atoms with Crippen molar-refractivity contribution in [2.45, 2.75) is 23.9 Å². The van der Waals surface area contributed by atoms with Crippen molar-refractivity contribution in [3.8, 4) is 0 Å². The molecule has 2 aliphatic heterocycles. The van der Waals surface area contributed by atoms with Gasteiger partial charge in [-0.25, -0.2) is 9.97 Å². The van der Waals surface area contributed by atoms with Crippen molar-refractivity contribution < 1.29 is 4.74 Å². The van der Waals surface area contributed by atoms with Crippen molar-refractivity contribution in [2.75, 3.05) is 42.7 Å². The molecule has 0 aliphatic carbocycles. The summed E-state index contributed by atoms with van der Waals surface area (Å²) in [6.45, 7) is 2.67. The van der Waals surface area contributed by atoms with Crippen LogP contribution in [0.1, 0.15) is 12.1 Å². The molecule has 2 saturated heterocycles. The minimum absolute atomic E-state index is 0.317. The Hall–Kier alpha value is -1.86. The van der Waals surface area contributed by atoms with Gasteiger partial charge in [-0.3, -0.25) is 4.98 Å². The Morgan fingerprint density at radius 3 is 2.92 bits per heavy atom. The molecule has 4 rings (SSSR count). The van der Waals surface area contributed by atoms with E-state index in [0.29, 0.717) is 17.5 Å². The number of hydrogen-bond acceptors (Lipinski definition) is 7.